The molecule has 8 heteroatoms. The fourth-order valence-corrected chi connectivity index (χ4v) is 2.84. The Bertz CT molecular complexity index is 1010. The van der Waals surface area contributed by atoms with Gasteiger partial charge in [-0.25, -0.2) is 14.8 Å². The molecule has 0 unspecified atom stereocenters. The van der Waals surface area contributed by atoms with Gasteiger partial charge in [0.15, 0.2) is 0 Å². The lowest BCUT2D eigenvalue weighted by atomic mass is 10.2. The Morgan fingerprint density at radius 1 is 1.03 bits per heavy atom. The van der Waals surface area contributed by atoms with Crippen molar-refractivity contribution in [2.24, 2.45) is 0 Å². The van der Waals surface area contributed by atoms with Gasteiger partial charge in [-0.15, -0.1) is 0 Å². The number of anilines is 1. The summed E-state index contributed by atoms with van der Waals surface area (Å²) in [4.78, 5) is 34.1. The van der Waals surface area contributed by atoms with E-state index in [1.54, 1.807) is 48.6 Å². The molecule has 0 aliphatic carbocycles. The standard InChI is InChI=1S/C23H25N5O3/c1-17-15-19(31-22-24-12-6-13-25-22)9-10-20(17)27-21(29)11-14-26-23(30)28(2)16-18-7-4-3-5-8-18/h3-10,12-13,15H,11,14,16H2,1-2H3,(H,26,30)(H,27,29). The van der Waals surface area contributed by atoms with Crippen LogP contribution in [0.2, 0.25) is 0 Å². The lowest BCUT2D eigenvalue weighted by Gasteiger charge is -2.18. The second-order valence-corrected chi connectivity index (χ2v) is 6.98. The van der Waals surface area contributed by atoms with E-state index in [0.29, 0.717) is 18.0 Å². The van der Waals surface area contributed by atoms with Crippen molar-refractivity contribution < 1.29 is 14.3 Å². The van der Waals surface area contributed by atoms with Crippen LogP contribution in [0.4, 0.5) is 10.5 Å². The Balaban J connectivity index is 1.43. The number of aromatic nitrogens is 2. The van der Waals surface area contributed by atoms with Crippen molar-refractivity contribution in [3.8, 4) is 11.8 Å². The molecule has 31 heavy (non-hydrogen) atoms. The van der Waals surface area contributed by atoms with E-state index in [2.05, 4.69) is 20.6 Å². The van der Waals surface area contributed by atoms with Gasteiger partial charge in [0, 0.05) is 44.6 Å². The van der Waals surface area contributed by atoms with E-state index in [0.717, 1.165) is 11.1 Å². The molecule has 1 aromatic heterocycles. The molecule has 0 saturated carbocycles. The van der Waals surface area contributed by atoms with Gasteiger partial charge in [0.05, 0.1) is 0 Å². The second-order valence-electron chi connectivity index (χ2n) is 6.98. The van der Waals surface area contributed by atoms with Gasteiger partial charge in [-0.05, 0) is 42.3 Å². The Labute approximate surface area is 181 Å². The van der Waals surface area contributed by atoms with Crippen molar-refractivity contribution in [3.05, 3.63) is 78.1 Å². The molecule has 0 saturated heterocycles. The predicted molar refractivity (Wildman–Crippen MR) is 118 cm³/mol. The van der Waals surface area contributed by atoms with E-state index in [-0.39, 0.29) is 30.9 Å². The lowest BCUT2D eigenvalue weighted by molar-refractivity contribution is -0.116. The maximum Gasteiger partial charge on any atom is 0.321 e. The van der Waals surface area contributed by atoms with Gasteiger partial charge in [0.25, 0.3) is 0 Å². The molecule has 0 fully saturated rings. The molecule has 0 spiro atoms. The van der Waals surface area contributed by atoms with Crippen LogP contribution in [0.5, 0.6) is 11.8 Å². The fourth-order valence-electron chi connectivity index (χ4n) is 2.84. The summed E-state index contributed by atoms with van der Waals surface area (Å²) in [6.07, 6.45) is 3.37. The topological polar surface area (TPSA) is 96.5 Å². The van der Waals surface area contributed by atoms with E-state index in [1.165, 1.54) is 0 Å². The third-order valence-corrected chi connectivity index (χ3v) is 4.46. The van der Waals surface area contributed by atoms with Gasteiger partial charge < -0.3 is 20.3 Å². The number of ether oxygens (including phenoxy) is 1. The van der Waals surface area contributed by atoms with Crippen LogP contribution in [0.25, 0.3) is 0 Å². The molecule has 8 nitrogen and oxygen atoms in total. The molecule has 0 aliphatic rings. The Hall–Kier alpha value is -3.94. The first-order chi connectivity index (χ1) is 15.0. The minimum absolute atomic E-state index is 0.167. The van der Waals surface area contributed by atoms with Gasteiger partial charge in [-0.1, -0.05) is 30.3 Å². The summed E-state index contributed by atoms with van der Waals surface area (Å²) in [6.45, 7) is 2.62. The maximum absolute atomic E-state index is 12.3. The highest BCUT2D eigenvalue weighted by Gasteiger charge is 2.11. The molecular weight excluding hydrogens is 394 g/mol. The van der Waals surface area contributed by atoms with Gasteiger partial charge in [0.1, 0.15) is 5.75 Å². The van der Waals surface area contributed by atoms with Crippen molar-refractivity contribution in [1.29, 1.82) is 0 Å². The summed E-state index contributed by atoms with van der Waals surface area (Å²) >= 11 is 0. The van der Waals surface area contributed by atoms with Crippen LogP contribution < -0.4 is 15.4 Å². The number of urea groups is 1. The number of nitrogens with one attached hydrogen (secondary N) is 2. The van der Waals surface area contributed by atoms with Crippen LogP contribution in [0.3, 0.4) is 0 Å². The number of carbonyl (C=O) groups is 2. The van der Waals surface area contributed by atoms with Crippen LogP contribution >= 0.6 is 0 Å². The molecule has 1 heterocycles. The fraction of sp³-hybridized carbons (Fsp3) is 0.217. The molecule has 0 aliphatic heterocycles. The summed E-state index contributed by atoms with van der Waals surface area (Å²) in [6, 6.07) is 16.8. The zero-order valence-corrected chi connectivity index (χ0v) is 17.5. The number of carbonyl (C=O) groups excluding carboxylic acids is 2. The van der Waals surface area contributed by atoms with Gasteiger partial charge in [-0.3, -0.25) is 4.79 Å². The van der Waals surface area contributed by atoms with Crippen molar-refractivity contribution >= 4 is 17.6 Å². The van der Waals surface area contributed by atoms with Gasteiger partial charge in [0.2, 0.25) is 5.91 Å². The average molecular weight is 419 g/mol. The van der Waals surface area contributed by atoms with E-state index < -0.39 is 0 Å². The van der Waals surface area contributed by atoms with E-state index >= 15 is 0 Å². The van der Waals surface area contributed by atoms with E-state index in [4.69, 9.17) is 4.74 Å². The first kappa shape index (κ1) is 21.8. The molecule has 3 aromatic rings. The van der Waals surface area contributed by atoms with Gasteiger partial charge >= 0.3 is 12.0 Å². The Morgan fingerprint density at radius 3 is 2.48 bits per heavy atom. The number of benzene rings is 2. The quantitative estimate of drug-likeness (QED) is 0.580. The average Bonchev–Trinajstić information content (AvgIpc) is 2.77. The number of hydrogen-bond donors (Lipinski definition) is 2. The van der Waals surface area contributed by atoms with Crippen molar-refractivity contribution in [2.75, 3.05) is 18.9 Å². The molecule has 2 N–H and O–H groups in total. The van der Waals surface area contributed by atoms with E-state index in [1.807, 2.05) is 37.3 Å². The second kappa shape index (κ2) is 10.7. The highest BCUT2D eigenvalue weighted by Crippen LogP contribution is 2.24. The minimum atomic E-state index is -0.225. The smallest absolute Gasteiger partial charge is 0.321 e. The third-order valence-electron chi connectivity index (χ3n) is 4.46. The molecule has 0 atom stereocenters. The van der Waals surface area contributed by atoms with Crippen molar-refractivity contribution in [1.82, 2.24) is 20.2 Å². The highest BCUT2D eigenvalue weighted by molar-refractivity contribution is 5.92. The maximum atomic E-state index is 12.3. The zero-order chi connectivity index (χ0) is 22.1. The molecule has 0 bridgehead atoms. The van der Waals surface area contributed by atoms with Crippen LogP contribution in [-0.4, -0.2) is 40.4 Å². The summed E-state index contributed by atoms with van der Waals surface area (Å²) in [5.74, 6) is 0.393. The molecule has 0 radical (unpaired) electrons. The predicted octanol–water partition coefficient (Wildman–Crippen LogP) is 3.75. The van der Waals surface area contributed by atoms with Crippen LogP contribution in [-0.2, 0) is 11.3 Å². The first-order valence-electron chi connectivity index (χ1n) is 9.89. The molecule has 160 valence electrons. The van der Waals surface area contributed by atoms with Crippen LogP contribution in [0.15, 0.2) is 67.0 Å². The number of nitrogens with zero attached hydrogens (tertiary/aromatic N) is 3. The summed E-state index contributed by atoms with van der Waals surface area (Å²) < 4.78 is 5.59. The highest BCUT2D eigenvalue weighted by atomic mass is 16.5. The largest absolute Gasteiger partial charge is 0.424 e. The summed E-state index contributed by atoms with van der Waals surface area (Å²) in [5, 5.41) is 5.62. The molecular formula is C23H25N5O3. The normalized spacial score (nSPS) is 10.3. The molecule has 3 amide bonds. The first-order valence-corrected chi connectivity index (χ1v) is 9.89. The van der Waals surface area contributed by atoms with Gasteiger partial charge in [-0.2, -0.15) is 0 Å². The monoisotopic (exact) mass is 419 g/mol. The van der Waals surface area contributed by atoms with Crippen molar-refractivity contribution in [2.45, 2.75) is 19.9 Å². The summed E-state index contributed by atoms with van der Waals surface area (Å²) in [7, 11) is 1.72. The Kier molecular flexibility index (Phi) is 7.53. The zero-order valence-electron chi connectivity index (χ0n) is 17.5. The minimum Gasteiger partial charge on any atom is -0.424 e. The van der Waals surface area contributed by atoms with Crippen LogP contribution in [0.1, 0.15) is 17.5 Å². The third kappa shape index (κ3) is 6.81. The molecule has 3 rings (SSSR count). The Morgan fingerprint density at radius 2 is 1.77 bits per heavy atom. The number of rotatable bonds is 8. The van der Waals surface area contributed by atoms with E-state index in [9.17, 15) is 9.59 Å². The number of aryl methyl sites for hydroxylation is 1. The lowest BCUT2D eigenvalue weighted by Crippen LogP contribution is -2.38. The van der Waals surface area contributed by atoms with Crippen molar-refractivity contribution in [3.63, 3.8) is 0 Å². The summed E-state index contributed by atoms with van der Waals surface area (Å²) in [5.41, 5.74) is 2.56. The number of amides is 3. The van der Waals surface area contributed by atoms with Crippen LogP contribution in [0, 0.1) is 6.92 Å². The SMILES string of the molecule is Cc1cc(Oc2ncccn2)ccc1NC(=O)CCNC(=O)N(C)Cc1ccccc1. The number of hydrogen-bond acceptors (Lipinski definition) is 5. The molecule has 2 aromatic carbocycles.